The molecule has 2 heterocycles. The van der Waals surface area contributed by atoms with Crippen LogP contribution in [-0.4, -0.2) is 55.6 Å². The maximum absolute atomic E-state index is 13.2. The molecule has 0 bridgehead atoms. The van der Waals surface area contributed by atoms with Gasteiger partial charge in [0.2, 0.25) is 6.41 Å². The summed E-state index contributed by atoms with van der Waals surface area (Å²) >= 11 is 0. The number of amides is 1. The van der Waals surface area contributed by atoms with Gasteiger partial charge in [-0.3, -0.25) is 14.7 Å². The van der Waals surface area contributed by atoms with Crippen LogP contribution in [0.5, 0.6) is 0 Å². The van der Waals surface area contributed by atoms with Crippen molar-refractivity contribution in [1.29, 1.82) is 0 Å². The molecule has 1 saturated heterocycles. The van der Waals surface area contributed by atoms with Crippen LogP contribution in [0, 0.1) is 5.82 Å². The molecular weight excluding hydrogens is 343 g/mol. The maximum atomic E-state index is 13.2. The van der Waals surface area contributed by atoms with E-state index in [1.54, 1.807) is 18.3 Å². The normalized spacial score (nSPS) is 14.7. The van der Waals surface area contributed by atoms with E-state index >= 15 is 0 Å². The Morgan fingerprint density at radius 1 is 1.12 bits per heavy atom. The van der Waals surface area contributed by atoms with Gasteiger partial charge in [0.05, 0.1) is 11.4 Å². The molecule has 1 amide bonds. The third-order valence-corrected chi connectivity index (χ3v) is 4.27. The second-order valence-corrected chi connectivity index (χ2v) is 5.78. The molecule has 0 radical (unpaired) electrons. The maximum Gasteiger partial charge on any atom is 0.207 e. The smallest absolute Gasteiger partial charge is 0.207 e. The molecule has 1 aliphatic rings. The number of hydrogen-bond donors (Lipinski definition) is 1. The van der Waals surface area contributed by atoms with Crippen LogP contribution in [0.25, 0.3) is 11.3 Å². The van der Waals surface area contributed by atoms with Gasteiger partial charge in [0, 0.05) is 51.0 Å². The number of nitrogens with zero attached hydrogens (tertiary/aromatic N) is 3. The lowest BCUT2D eigenvalue weighted by atomic mass is 10.1. The van der Waals surface area contributed by atoms with Crippen LogP contribution < -0.4 is 10.2 Å². The van der Waals surface area contributed by atoms with Crippen molar-refractivity contribution in [3.05, 3.63) is 48.4 Å². The predicted octanol–water partition coefficient (Wildman–Crippen LogP) is 2.18. The number of aromatic nitrogens is 1. The lowest BCUT2D eigenvalue weighted by molar-refractivity contribution is -0.109. The number of hydrogen-bond acceptors (Lipinski definition) is 4. The number of anilines is 1. The van der Waals surface area contributed by atoms with E-state index in [1.807, 2.05) is 6.07 Å². The second kappa shape index (κ2) is 9.34. The first-order chi connectivity index (χ1) is 11.8. The molecule has 0 spiro atoms. The molecule has 2 aromatic rings. The number of halogens is 2. The molecule has 1 aromatic carbocycles. The van der Waals surface area contributed by atoms with E-state index in [9.17, 15) is 9.18 Å². The van der Waals surface area contributed by atoms with E-state index in [2.05, 4.69) is 26.2 Å². The van der Waals surface area contributed by atoms with E-state index in [4.69, 9.17) is 0 Å². The summed E-state index contributed by atoms with van der Waals surface area (Å²) in [6.07, 6.45) is 2.50. The highest BCUT2D eigenvalue weighted by molar-refractivity contribution is 5.85. The van der Waals surface area contributed by atoms with Gasteiger partial charge in [-0.25, -0.2) is 4.39 Å². The quantitative estimate of drug-likeness (QED) is 0.630. The summed E-state index contributed by atoms with van der Waals surface area (Å²) in [6.45, 7) is 5.24. The molecule has 0 aliphatic carbocycles. The first-order valence-electron chi connectivity index (χ1n) is 8.13. The molecule has 0 saturated carbocycles. The molecule has 134 valence electrons. The van der Waals surface area contributed by atoms with Gasteiger partial charge in [-0.05, 0) is 36.4 Å². The van der Waals surface area contributed by atoms with Crippen molar-refractivity contribution in [2.24, 2.45) is 0 Å². The highest BCUT2D eigenvalue weighted by atomic mass is 35.5. The molecule has 1 aromatic heterocycles. The van der Waals surface area contributed by atoms with Gasteiger partial charge in [-0.2, -0.15) is 0 Å². The SMILES string of the molecule is Cl.O=CNCCN1CCN(c2cccnc2-c2ccc(F)cc2)CC1. The van der Waals surface area contributed by atoms with Crippen LogP contribution in [-0.2, 0) is 4.79 Å². The summed E-state index contributed by atoms with van der Waals surface area (Å²) in [5, 5.41) is 2.70. The van der Waals surface area contributed by atoms with E-state index in [0.717, 1.165) is 56.1 Å². The lowest BCUT2D eigenvalue weighted by Gasteiger charge is -2.36. The standard InChI is InChI=1S/C18H21FN4O.ClH/c19-16-5-3-15(4-6-16)18-17(2-1-7-21-18)23-12-10-22(11-13-23)9-8-20-14-24;/h1-7,14H,8-13H2,(H,20,24);1H. The molecule has 5 nitrogen and oxygen atoms in total. The molecule has 0 unspecified atom stereocenters. The molecule has 0 atom stereocenters. The summed E-state index contributed by atoms with van der Waals surface area (Å²) < 4.78 is 13.2. The highest BCUT2D eigenvalue weighted by Gasteiger charge is 2.19. The Kier molecular flexibility index (Phi) is 7.16. The van der Waals surface area contributed by atoms with Crippen LogP contribution >= 0.6 is 12.4 Å². The number of nitrogens with one attached hydrogen (secondary N) is 1. The average molecular weight is 365 g/mol. The zero-order chi connectivity index (χ0) is 16.8. The van der Waals surface area contributed by atoms with Crippen LogP contribution in [0.15, 0.2) is 42.6 Å². The van der Waals surface area contributed by atoms with Crippen molar-refractivity contribution in [2.75, 3.05) is 44.2 Å². The van der Waals surface area contributed by atoms with Crippen molar-refractivity contribution in [3.8, 4) is 11.3 Å². The third-order valence-electron chi connectivity index (χ3n) is 4.27. The Labute approximate surface area is 153 Å². The number of piperazine rings is 1. The van der Waals surface area contributed by atoms with Crippen LogP contribution in [0.4, 0.5) is 10.1 Å². The number of carbonyl (C=O) groups is 1. The molecule has 25 heavy (non-hydrogen) atoms. The zero-order valence-corrected chi connectivity index (χ0v) is 14.7. The van der Waals surface area contributed by atoms with Crippen LogP contribution in [0.3, 0.4) is 0 Å². The Hall–Kier alpha value is -2.18. The predicted molar refractivity (Wildman–Crippen MR) is 99.6 cm³/mol. The summed E-state index contributed by atoms with van der Waals surface area (Å²) in [5.74, 6) is -0.242. The Balaban J connectivity index is 0.00000225. The van der Waals surface area contributed by atoms with Crippen molar-refractivity contribution in [1.82, 2.24) is 15.2 Å². The van der Waals surface area contributed by atoms with Crippen molar-refractivity contribution < 1.29 is 9.18 Å². The molecule has 1 aliphatic heterocycles. The van der Waals surface area contributed by atoms with Crippen molar-refractivity contribution >= 4 is 24.5 Å². The summed E-state index contributed by atoms with van der Waals surface area (Å²) in [4.78, 5) is 19.5. The topological polar surface area (TPSA) is 48.5 Å². The number of rotatable bonds is 6. The van der Waals surface area contributed by atoms with E-state index in [-0.39, 0.29) is 18.2 Å². The van der Waals surface area contributed by atoms with Crippen LogP contribution in [0.2, 0.25) is 0 Å². The molecule has 1 N–H and O–H groups in total. The van der Waals surface area contributed by atoms with Gasteiger partial charge < -0.3 is 10.2 Å². The third kappa shape index (κ3) is 4.90. The minimum atomic E-state index is -0.242. The van der Waals surface area contributed by atoms with Gasteiger partial charge in [-0.15, -0.1) is 12.4 Å². The zero-order valence-electron chi connectivity index (χ0n) is 13.9. The van der Waals surface area contributed by atoms with E-state index < -0.39 is 0 Å². The fraction of sp³-hybridized carbons (Fsp3) is 0.333. The van der Waals surface area contributed by atoms with E-state index in [0.29, 0.717) is 6.54 Å². The summed E-state index contributed by atoms with van der Waals surface area (Å²) in [6, 6.07) is 10.5. The van der Waals surface area contributed by atoms with Gasteiger partial charge in [0.1, 0.15) is 5.82 Å². The molecule has 7 heteroatoms. The largest absolute Gasteiger partial charge is 0.367 e. The Bertz CT molecular complexity index is 675. The monoisotopic (exact) mass is 364 g/mol. The fourth-order valence-electron chi connectivity index (χ4n) is 2.98. The minimum absolute atomic E-state index is 0. The number of carbonyl (C=O) groups excluding carboxylic acids is 1. The van der Waals surface area contributed by atoms with Gasteiger partial charge >= 0.3 is 0 Å². The minimum Gasteiger partial charge on any atom is -0.367 e. The van der Waals surface area contributed by atoms with E-state index in [1.165, 1.54) is 12.1 Å². The Morgan fingerprint density at radius 3 is 2.52 bits per heavy atom. The van der Waals surface area contributed by atoms with Crippen LogP contribution in [0.1, 0.15) is 0 Å². The second-order valence-electron chi connectivity index (χ2n) is 5.78. The Morgan fingerprint density at radius 2 is 1.84 bits per heavy atom. The van der Waals surface area contributed by atoms with Crippen molar-refractivity contribution in [3.63, 3.8) is 0 Å². The van der Waals surface area contributed by atoms with Crippen molar-refractivity contribution in [2.45, 2.75) is 0 Å². The highest BCUT2D eigenvalue weighted by Crippen LogP contribution is 2.29. The average Bonchev–Trinajstić information content (AvgIpc) is 2.63. The number of benzene rings is 1. The lowest BCUT2D eigenvalue weighted by Crippen LogP contribution is -2.48. The first kappa shape index (κ1) is 19.1. The van der Waals surface area contributed by atoms with Gasteiger partial charge in [0.25, 0.3) is 0 Å². The molecule has 3 rings (SSSR count). The summed E-state index contributed by atoms with van der Waals surface area (Å²) in [7, 11) is 0. The number of pyridine rings is 1. The first-order valence-corrected chi connectivity index (χ1v) is 8.13. The fourth-order valence-corrected chi connectivity index (χ4v) is 2.98. The molecule has 1 fully saturated rings. The van der Waals surface area contributed by atoms with Gasteiger partial charge in [0.15, 0.2) is 0 Å². The summed E-state index contributed by atoms with van der Waals surface area (Å²) in [5.41, 5.74) is 2.88. The van der Waals surface area contributed by atoms with Gasteiger partial charge in [-0.1, -0.05) is 0 Å². The molecular formula is C18H22ClFN4O.